The van der Waals surface area contributed by atoms with E-state index in [2.05, 4.69) is 0 Å². The standard InChI is InChI=1S/C32H30N4O6S/c1-39-24-16-20(17-25(40-2)28(24)41-3)21-18-22(19-8-5-4-6-9-19)34-30-26(21)27(33)29(43-30)32(38)36-13-11-35(12-14-36)31(37)23-10-7-15-42-23/h4-10,15-18H,11-14,33H2,1-3H3. The minimum atomic E-state index is -0.192. The van der Waals surface area contributed by atoms with Gasteiger partial charge in [0.1, 0.15) is 9.71 Å². The Hall–Kier alpha value is -5.03. The highest BCUT2D eigenvalue weighted by molar-refractivity contribution is 7.21. The Morgan fingerprint density at radius 3 is 2.07 bits per heavy atom. The molecule has 2 aromatic carbocycles. The highest BCUT2D eigenvalue weighted by Crippen LogP contribution is 2.46. The van der Waals surface area contributed by atoms with Crippen LogP contribution in [0, 0.1) is 0 Å². The van der Waals surface area contributed by atoms with Crippen LogP contribution in [-0.2, 0) is 0 Å². The Bertz CT molecular complexity index is 1770. The van der Waals surface area contributed by atoms with Crippen LogP contribution in [0.15, 0.2) is 71.3 Å². The van der Waals surface area contributed by atoms with Crippen molar-refractivity contribution >= 4 is 39.1 Å². The molecule has 3 aromatic heterocycles. The van der Waals surface area contributed by atoms with Gasteiger partial charge in [-0.3, -0.25) is 9.59 Å². The summed E-state index contributed by atoms with van der Waals surface area (Å²) in [5.74, 6) is 1.37. The number of nitrogens with zero attached hydrogens (tertiary/aromatic N) is 3. The number of nitrogens with two attached hydrogens (primary N) is 1. The fourth-order valence-corrected chi connectivity index (χ4v) is 6.40. The number of ether oxygens (including phenoxy) is 3. The van der Waals surface area contributed by atoms with Crippen LogP contribution in [0.1, 0.15) is 20.2 Å². The molecule has 4 heterocycles. The molecule has 1 fully saturated rings. The highest BCUT2D eigenvalue weighted by atomic mass is 32.1. The summed E-state index contributed by atoms with van der Waals surface area (Å²) in [5.41, 5.74) is 10.3. The van der Waals surface area contributed by atoms with Gasteiger partial charge in [-0.1, -0.05) is 30.3 Å². The zero-order valence-corrected chi connectivity index (χ0v) is 24.8. The van der Waals surface area contributed by atoms with Gasteiger partial charge >= 0.3 is 0 Å². The molecule has 220 valence electrons. The first kappa shape index (κ1) is 28.1. The number of methoxy groups -OCH3 is 3. The van der Waals surface area contributed by atoms with E-state index in [0.717, 1.165) is 22.4 Å². The molecule has 0 aliphatic carbocycles. The lowest BCUT2D eigenvalue weighted by Gasteiger charge is -2.34. The van der Waals surface area contributed by atoms with Gasteiger partial charge in [0.15, 0.2) is 17.3 Å². The van der Waals surface area contributed by atoms with Gasteiger partial charge < -0.3 is 34.2 Å². The summed E-state index contributed by atoms with van der Waals surface area (Å²) >= 11 is 1.27. The largest absolute Gasteiger partial charge is 0.493 e. The molecule has 1 aliphatic rings. The average molecular weight is 599 g/mol. The smallest absolute Gasteiger partial charge is 0.289 e. The van der Waals surface area contributed by atoms with Crippen LogP contribution in [0.3, 0.4) is 0 Å². The highest BCUT2D eigenvalue weighted by Gasteiger charge is 2.30. The minimum Gasteiger partial charge on any atom is -0.493 e. The molecule has 1 saturated heterocycles. The van der Waals surface area contributed by atoms with Gasteiger partial charge in [-0.2, -0.15) is 0 Å². The van der Waals surface area contributed by atoms with Gasteiger partial charge in [-0.05, 0) is 41.5 Å². The molecule has 0 spiro atoms. The van der Waals surface area contributed by atoms with E-state index in [-0.39, 0.29) is 17.6 Å². The number of pyridine rings is 1. The van der Waals surface area contributed by atoms with Crippen molar-refractivity contribution in [2.45, 2.75) is 0 Å². The van der Waals surface area contributed by atoms with Crippen molar-refractivity contribution in [3.8, 4) is 39.6 Å². The monoisotopic (exact) mass is 598 g/mol. The van der Waals surface area contributed by atoms with Crippen molar-refractivity contribution in [2.75, 3.05) is 53.2 Å². The van der Waals surface area contributed by atoms with E-state index in [1.165, 1.54) is 17.6 Å². The van der Waals surface area contributed by atoms with E-state index in [4.69, 9.17) is 29.3 Å². The SMILES string of the molecule is COc1cc(-c2cc(-c3ccccc3)nc3sc(C(=O)N4CCN(C(=O)c5ccco5)CC4)c(N)c23)cc(OC)c1OC. The van der Waals surface area contributed by atoms with Gasteiger partial charge in [0.25, 0.3) is 11.8 Å². The predicted octanol–water partition coefficient (Wildman–Crippen LogP) is 5.43. The summed E-state index contributed by atoms with van der Waals surface area (Å²) < 4.78 is 22.0. The van der Waals surface area contributed by atoms with Crippen molar-refractivity contribution in [2.24, 2.45) is 0 Å². The van der Waals surface area contributed by atoms with Crippen LogP contribution >= 0.6 is 11.3 Å². The Labute approximate surface area is 252 Å². The van der Waals surface area contributed by atoms with E-state index in [1.54, 1.807) is 43.3 Å². The number of hydrogen-bond donors (Lipinski definition) is 1. The number of carbonyl (C=O) groups is 2. The summed E-state index contributed by atoms with van der Waals surface area (Å²) in [4.78, 5) is 35.9. The molecule has 43 heavy (non-hydrogen) atoms. The maximum atomic E-state index is 13.8. The van der Waals surface area contributed by atoms with Gasteiger partial charge in [-0.15, -0.1) is 11.3 Å². The molecule has 2 amide bonds. The van der Waals surface area contributed by atoms with Crippen LogP contribution in [0.2, 0.25) is 0 Å². The van der Waals surface area contributed by atoms with Crippen LogP contribution in [0.5, 0.6) is 17.2 Å². The lowest BCUT2D eigenvalue weighted by atomic mass is 9.98. The number of piperazine rings is 1. The number of benzene rings is 2. The third-order valence-corrected chi connectivity index (χ3v) is 8.61. The maximum Gasteiger partial charge on any atom is 0.289 e. The quantitative estimate of drug-likeness (QED) is 0.263. The number of anilines is 1. The number of thiophene rings is 1. The fraction of sp³-hybridized carbons (Fsp3) is 0.219. The van der Waals surface area contributed by atoms with Crippen LogP contribution in [0.4, 0.5) is 5.69 Å². The van der Waals surface area contributed by atoms with Crippen LogP contribution < -0.4 is 19.9 Å². The third kappa shape index (κ3) is 5.12. The Morgan fingerprint density at radius 2 is 1.49 bits per heavy atom. The Morgan fingerprint density at radius 1 is 0.837 bits per heavy atom. The van der Waals surface area contributed by atoms with E-state index in [9.17, 15) is 9.59 Å². The van der Waals surface area contributed by atoms with Gasteiger partial charge in [-0.25, -0.2) is 4.98 Å². The molecule has 2 N–H and O–H groups in total. The topological polar surface area (TPSA) is 120 Å². The second kappa shape index (κ2) is 11.7. The summed E-state index contributed by atoms with van der Waals surface area (Å²) in [7, 11) is 4.69. The Balaban J connectivity index is 1.41. The van der Waals surface area contributed by atoms with Crippen molar-refractivity contribution in [1.29, 1.82) is 0 Å². The number of amides is 2. The van der Waals surface area contributed by atoms with E-state index in [1.807, 2.05) is 48.5 Å². The van der Waals surface area contributed by atoms with Gasteiger partial charge in [0, 0.05) is 37.1 Å². The zero-order valence-electron chi connectivity index (χ0n) is 24.0. The number of nitrogen functional groups attached to an aromatic ring is 1. The van der Waals surface area contributed by atoms with E-state index in [0.29, 0.717) is 64.2 Å². The molecule has 10 nitrogen and oxygen atoms in total. The molecule has 5 aromatic rings. The average Bonchev–Trinajstić information content (AvgIpc) is 3.72. The zero-order chi connectivity index (χ0) is 30.1. The normalized spacial score (nSPS) is 13.3. The number of fused-ring (bicyclic) bond motifs is 1. The van der Waals surface area contributed by atoms with Crippen molar-refractivity contribution in [3.05, 3.63) is 77.6 Å². The summed E-state index contributed by atoms with van der Waals surface area (Å²) in [5, 5.41) is 0.675. The third-order valence-electron chi connectivity index (χ3n) is 7.52. The number of carbonyl (C=O) groups excluding carboxylic acids is 2. The van der Waals surface area contributed by atoms with E-state index < -0.39 is 0 Å². The summed E-state index contributed by atoms with van der Waals surface area (Å²) in [6, 6.07) is 18.8. The molecule has 0 atom stereocenters. The fourth-order valence-electron chi connectivity index (χ4n) is 5.31. The number of furan rings is 1. The van der Waals surface area contributed by atoms with Crippen molar-refractivity contribution < 1.29 is 28.2 Å². The van der Waals surface area contributed by atoms with Crippen LogP contribution in [0.25, 0.3) is 32.6 Å². The molecular formula is C32H30N4O6S. The van der Waals surface area contributed by atoms with Crippen molar-refractivity contribution in [3.63, 3.8) is 0 Å². The summed E-state index contributed by atoms with van der Waals surface area (Å²) in [6.45, 7) is 1.54. The van der Waals surface area contributed by atoms with Gasteiger partial charge in [0.2, 0.25) is 5.75 Å². The lowest BCUT2D eigenvalue weighted by molar-refractivity contribution is 0.0521. The molecule has 0 bridgehead atoms. The molecule has 0 saturated carbocycles. The maximum absolute atomic E-state index is 13.8. The molecule has 0 unspecified atom stereocenters. The minimum absolute atomic E-state index is 0.189. The molecule has 6 rings (SSSR count). The summed E-state index contributed by atoms with van der Waals surface area (Å²) in [6.07, 6.45) is 1.47. The van der Waals surface area contributed by atoms with E-state index >= 15 is 0 Å². The first-order valence-corrected chi connectivity index (χ1v) is 14.5. The first-order valence-electron chi connectivity index (χ1n) is 13.6. The molecule has 0 radical (unpaired) electrons. The number of hydrogen-bond acceptors (Lipinski definition) is 9. The molecular weight excluding hydrogens is 568 g/mol. The Kier molecular flexibility index (Phi) is 7.64. The second-order valence-electron chi connectivity index (χ2n) is 9.92. The first-order chi connectivity index (χ1) is 20.9. The number of rotatable bonds is 7. The van der Waals surface area contributed by atoms with Crippen molar-refractivity contribution in [1.82, 2.24) is 14.8 Å². The van der Waals surface area contributed by atoms with Crippen LogP contribution in [-0.4, -0.2) is 74.1 Å². The lowest BCUT2D eigenvalue weighted by Crippen LogP contribution is -2.50. The molecule has 1 aliphatic heterocycles. The second-order valence-corrected chi connectivity index (χ2v) is 10.9. The number of aromatic nitrogens is 1. The van der Waals surface area contributed by atoms with Gasteiger partial charge in [0.05, 0.1) is 39.0 Å². The predicted molar refractivity (Wildman–Crippen MR) is 165 cm³/mol. The molecule has 11 heteroatoms.